The fourth-order valence-electron chi connectivity index (χ4n) is 3.22. The zero-order chi connectivity index (χ0) is 16.0. The zero-order valence-corrected chi connectivity index (χ0v) is 13.6. The van der Waals surface area contributed by atoms with Crippen LogP contribution in [0.5, 0.6) is 0 Å². The molecule has 1 saturated carbocycles. The number of hydrogen-bond donors (Lipinski definition) is 1. The van der Waals surface area contributed by atoms with E-state index in [9.17, 15) is 4.79 Å². The Morgan fingerprint density at radius 2 is 2.05 bits per heavy atom. The lowest BCUT2D eigenvalue weighted by molar-refractivity contribution is 0.0995. The lowest BCUT2D eigenvalue weighted by Crippen LogP contribution is -2.15. The Bertz CT molecular complexity index is 741. The monoisotopic (exact) mass is 298 g/mol. The summed E-state index contributed by atoms with van der Waals surface area (Å²) < 4.78 is 1.97. The van der Waals surface area contributed by atoms with E-state index in [4.69, 9.17) is 10.8 Å². The number of aryl methyl sites for hydroxylation is 1. The van der Waals surface area contributed by atoms with Gasteiger partial charge in [-0.1, -0.05) is 13.8 Å². The van der Waals surface area contributed by atoms with Crippen LogP contribution in [0.15, 0.2) is 12.3 Å². The predicted octanol–water partition coefficient (Wildman–Crippen LogP) is 2.98. The summed E-state index contributed by atoms with van der Waals surface area (Å²) in [4.78, 5) is 15.6. The Morgan fingerprint density at radius 3 is 2.55 bits per heavy atom. The van der Waals surface area contributed by atoms with Crippen molar-refractivity contribution >= 4 is 5.91 Å². The van der Waals surface area contributed by atoms with Crippen molar-refractivity contribution in [1.82, 2.24) is 14.8 Å². The van der Waals surface area contributed by atoms with Crippen LogP contribution in [-0.2, 0) is 0 Å². The predicted molar refractivity (Wildman–Crippen MR) is 85.4 cm³/mol. The molecule has 0 unspecified atom stereocenters. The van der Waals surface area contributed by atoms with E-state index in [0.717, 1.165) is 35.5 Å². The van der Waals surface area contributed by atoms with Gasteiger partial charge in [-0.3, -0.25) is 4.79 Å². The lowest BCUT2D eigenvalue weighted by Gasteiger charge is -2.12. The van der Waals surface area contributed by atoms with Gasteiger partial charge in [0, 0.05) is 5.69 Å². The van der Waals surface area contributed by atoms with Crippen molar-refractivity contribution < 1.29 is 4.79 Å². The molecule has 22 heavy (non-hydrogen) atoms. The smallest absolute Gasteiger partial charge is 0.267 e. The summed E-state index contributed by atoms with van der Waals surface area (Å²) in [5, 5.41) is 4.71. The van der Waals surface area contributed by atoms with Crippen molar-refractivity contribution in [2.24, 2.45) is 5.73 Å². The molecule has 0 saturated heterocycles. The highest BCUT2D eigenvalue weighted by molar-refractivity contribution is 5.91. The van der Waals surface area contributed by atoms with Crippen molar-refractivity contribution in [1.29, 1.82) is 0 Å². The van der Waals surface area contributed by atoms with Gasteiger partial charge < -0.3 is 5.73 Å². The molecule has 0 atom stereocenters. The van der Waals surface area contributed by atoms with Gasteiger partial charge in [-0.05, 0) is 55.7 Å². The third-order valence-electron chi connectivity index (χ3n) is 4.34. The maximum atomic E-state index is 11.4. The second-order valence-electron chi connectivity index (χ2n) is 6.42. The van der Waals surface area contributed by atoms with Crippen LogP contribution in [0, 0.1) is 13.8 Å². The second kappa shape index (κ2) is 5.23. The minimum absolute atomic E-state index is 0.330. The lowest BCUT2D eigenvalue weighted by atomic mass is 10.0. The first-order chi connectivity index (χ1) is 10.4. The zero-order valence-electron chi connectivity index (χ0n) is 13.6. The molecular weight excluding hydrogens is 276 g/mol. The fraction of sp³-hybridized carbons (Fsp3) is 0.471. The van der Waals surface area contributed by atoms with Crippen molar-refractivity contribution in [2.45, 2.75) is 52.4 Å². The number of nitrogens with zero attached hydrogens (tertiary/aromatic N) is 3. The molecule has 116 valence electrons. The van der Waals surface area contributed by atoms with E-state index >= 15 is 0 Å². The summed E-state index contributed by atoms with van der Waals surface area (Å²) in [6.07, 6.45) is 4.02. The highest BCUT2D eigenvalue weighted by Gasteiger charge is 2.29. The molecule has 0 aliphatic heterocycles. The molecule has 1 fully saturated rings. The summed E-state index contributed by atoms with van der Waals surface area (Å²) in [5.41, 5.74) is 11.3. The van der Waals surface area contributed by atoms with Crippen LogP contribution in [0.4, 0.5) is 0 Å². The average molecular weight is 298 g/mol. The van der Waals surface area contributed by atoms with E-state index in [2.05, 4.69) is 25.8 Å². The summed E-state index contributed by atoms with van der Waals surface area (Å²) in [5.74, 6) is 0.433. The van der Waals surface area contributed by atoms with E-state index < -0.39 is 5.91 Å². The number of carbonyl (C=O) groups is 1. The van der Waals surface area contributed by atoms with Crippen molar-refractivity contribution in [2.75, 3.05) is 0 Å². The van der Waals surface area contributed by atoms with E-state index in [1.165, 1.54) is 5.56 Å². The maximum Gasteiger partial charge on any atom is 0.267 e. The van der Waals surface area contributed by atoms with Gasteiger partial charge in [-0.2, -0.15) is 5.10 Å². The Hall–Kier alpha value is -2.17. The topological polar surface area (TPSA) is 73.8 Å². The van der Waals surface area contributed by atoms with Gasteiger partial charge in [0.2, 0.25) is 0 Å². The van der Waals surface area contributed by atoms with E-state index in [0.29, 0.717) is 17.5 Å². The molecule has 5 nitrogen and oxygen atoms in total. The standard InChI is InChI=1S/C17H22N4O/c1-9(2)16-10(3)20-21(11(16)4)15-8-19-14(17(18)22)7-13(15)12-5-6-12/h7-9,12H,5-6H2,1-4H3,(H2,18,22). The molecule has 0 bridgehead atoms. The largest absolute Gasteiger partial charge is 0.364 e. The molecule has 2 N–H and O–H groups in total. The number of rotatable bonds is 4. The number of carbonyl (C=O) groups excluding carboxylic acids is 1. The molecule has 2 heterocycles. The van der Waals surface area contributed by atoms with Gasteiger partial charge in [0.15, 0.2) is 0 Å². The molecule has 1 aliphatic carbocycles. The number of aromatic nitrogens is 3. The van der Waals surface area contributed by atoms with Crippen LogP contribution in [0.2, 0.25) is 0 Å². The van der Waals surface area contributed by atoms with Crippen molar-refractivity contribution in [3.63, 3.8) is 0 Å². The third-order valence-corrected chi connectivity index (χ3v) is 4.34. The molecule has 3 rings (SSSR count). The molecular formula is C17H22N4O. The average Bonchev–Trinajstić information content (AvgIpc) is 3.24. The van der Waals surface area contributed by atoms with Crippen LogP contribution in [0.1, 0.15) is 71.5 Å². The Morgan fingerprint density at radius 1 is 1.36 bits per heavy atom. The van der Waals surface area contributed by atoms with Gasteiger partial charge in [-0.15, -0.1) is 0 Å². The first-order valence-corrected chi connectivity index (χ1v) is 7.76. The number of pyridine rings is 1. The summed E-state index contributed by atoms with van der Waals surface area (Å²) >= 11 is 0. The molecule has 1 amide bonds. The Balaban J connectivity index is 2.16. The number of amides is 1. The molecule has 0 spiro atoms. The third kappa shape index (κ3) is 2.40. The van der Waals surface area contributed by atoms with Gasteiger partial charge in [-0.25, -0.2) is 9.67 Å². The van der Waals surface area contributed by atoms with Crippen LogP contribution < -0.4 is 5.73 Å². The van der Waals surface area contributed by atoms with Crippen LogP contribution in [0.25, 0.3) is 5.69 Å². The molecule has 0 radical (unpaired) electrons. The molecule has 0 aromatic carbocycles. The Kier molecular flexibility index (Phi) is 3.51. The highest BCUT2D eigenvalue weighted by atomic mass is 16.1. The van der Waals surface area contributed by atoms with Crippen molar-refractivity contribution in [3.8, 4) is 5.69 Å². The summed E-state index contributed by atoms with van der Waals surface area (Å²) in [7, 11) is 0. The molecule has 5 heteroatoms. The number of hydrogen-bond acceptors (Lipinski definition) is 3. The highest BCUT2D eigenvalue weighted by Crippen LogP contribution is 2.43. The van der Waals surface area contributed by atoms with Gasteiger partial charge in [0.05, 0.1) is 17.6 Å². The molecule has 1 aliphatic rings. The Labute approximate surface area is 130 Å². The molecule has 2 aromatic rings. The summed E-state index contributed by atoms with van der Waals surface area (Å²) in [6.45, 7) is 8.49. The maximum absolute atomic E-state index is 11.4. The van der Waals surface area contributed by atoms with Crippen LogP contribution in [-0.4, -0.2) is 20.7 Å². The number of primary amides is 1. The first-order valence-electron chi connectivity index (χ1n) is 7.76. The SMILES string of the molecule is Cc1nn(-c2cnc(C(N)=O)cc2C2CC2)c(C)c1C(C)C. The summed E-state index contributed by atoms with van der Waals surface area (Å²) in [6, 6.07) is 1.83. The van der Waals surface area contributed by atoms with Gasteiger partial charge in [0.25, 0.3) is 5.91 Å². The van der Waals surface area contributed by atoms with Crippen LogP contribution in [0.3, 0.4) is 0 Å². The first kappa shape index (κ1) is 14.8. The van der Waals surface area contributed by atoms with Gasteiger partial charge >= 0.3 is 0 Å². The van der Waals surface area contributed by atoms with E-state index in [-0.39, 0.29) is 0 Å². The number of nitrogens with two attached hydrogens (primary N) is 1. The van der Waals surface area contributed by atoms with Gasteiger partial charge in [0.1, 0.15) is 5.69 Å². The fourth-order valence-corrected chi connectivity index (χ4v) is 3.22. The minimum atomic E-state index is -0.482. The molecule has 2 aromatic heterocycles. The van der Waals surface area contributed by atoms with Crippen LogP contribution >= 0.6 is 0 Å². The minimum Gasteiger partial charge on any atom is -0.364 e. The quantitative estimate of drug-likeness (QED) is 0.943. The second-order valence-corrected chi connectivity index (χ2v) is 6.42. The van der Waals surface area contributed by atoms with E-state index in [1.54, 1.807) is 6.20 Å². The van der Waals surface area contributed by atoms with Crippen molar-refractivity contribution in [3.05, 3.63) is 40.5 Å². The normalized spacial score (nSPS) is 14.6. The van der Waals surface area contributed by atoms with E-state index in [1.807, 2.05) is 17.7 Å².